The van der Waals surface area contributed by atoms with E-state index in [0.717, 1.165) is 32.1 Å². The van der Waals surface area contributed by atoms with Crippen molar-refractivity contribution in [2.45, 2.75) is 95.9 Å². The second kappa shape index (κ2) is 7.50. The summed E-state index contributed by atoms with van der Waals surface area (Å²) < 4.78 is 13.0. The molecule has 6 rings (SSSR count). The Kier molecular flexibility index (Phi) is 5.21. The molecule has 0 radical (unpaired) electrons. The van der Waals surface area contributed by atoms with Crippen molar-refractivity contribution in [1.82, 2.24) is 0 Å². The van der Waals surface area contributed by atoms with Crippen LogP contribution in [0.15, 0.2) is 11.6 Å². The molecule has 6 aliphatic rings. The summed E-state index contributed by atoms with van der Waals surface area (Å²) >= 11 is 0. The van der Waals surface area contributed by atoms with Crippen LogP contribution in [0.4, 0.5) is 0 Å². The molecule has 0 bridgehead atoms. The number of hydrogen-bond donors (Lipinski definition) is 4. The quantitative estimate of drug-likeness (QED) is 0.447. The Morgan fingerprint density at radius 2 is 1.85 bits per heavy atom. The van der Waals surface area contributed by atoms with Gasteiger partial charge in [0, 0.05) is 23.7 Å². The van der Waals surface area contributed by atoms with E-state index in [1.165, 1.54) is 5.57 Å². The number of rotatable bonds is 1. The van der Waals surface area contributed by atoms with E-state index in [2.05, 4.69) is 20.8 Å². The van der Waals surface area contributed by atoms with Crippen LogP contribution in [0.1, 0.15) is 65.7 Å². The molecular weight excluding hydrogens is 420 g/mol. The molecule has 33 heavy (non-hydrogen) atoms. The van der Waals surface area contributed by atoms with Gasteiger partial charge in [-0.2, -0.15) is 0 Å². The first-order chi connectivity index (χ1) is 15.6. The minimum Gasteiger partial charge on any atom is -0.396 e. The molecule has 0 unspecified atom stereocenters. The second-order valence-electron chi connectivity index (χ2n) is 12.9. The largest absolute Gasteiger partial charge is 0.396 e. The monoisotopic (exact) mass is 462 g/mol. The number of aliphatic hydroxyl groups excluding tert-OH is 4. The van der Waals surface area contributed by atoms with E-state index in [1.54, 1.807) is 0 Å². The average molecular weight is 463 g/mol. The third-order valence-corrected chi connectivity index (χ3v) is 11.4. The lowest BCUT2D eigenvalue weighted by Gasteiger charge is -2.61. The van der Waals surface area contributed by atoms with Gasteiger partial charge < -0.3 is 29.9 Å². The van der Waals surface area contributed by atoms with Crippen LogP contribution in [-0.4, -0.2) is 63.8 Å². The Morgan fingerprint density at radius 1 is 1.06 bits per heavy atom. The smallest absolute Gasteiger partial charge is 0.174 e. The lowest BCUT2D eigenvalue weighted by atomic mass is 9.45. The highest BCUT2D eigenvalue weighted by molar-refractivity contribution is 5.29. The predicted octanol–water partition coefficient (Wildman–Crippen LogP) is 2.63. The summed E-state index contributed by atoms with van der Waals surface area (Å²) in [4.78, 5) is 0. The molecular formula is C27H42O6. The van der Waals surface area contributed by atoms with Crippen molar-refractivity contribution in [2.24, 2.45) is 46.3 Å². The van der Waals surface area contributed by atoms with Crippen LogP contribution >= 0.6 is 0 Å². The molecule has 2 saturated heterocycles. The Morgan fingerprint density at radius 3 is 2.55 bits per heavy atom. The van der Waals surface area contributed by atoms with Crippen LogP contribution in [0.3, 0.4) is 0 Å². The molecule has 4 N–H and O–H groups in total. The zero-order valence-corrected chi connectivity index (χ0v) is 20.3. The Bertz CT molecular complexity index is 819. The highest BCUT2D eigenvalue weighted by atomic mass is 16.7. The van der Waals surface area contributed by atoms with Gasteiger partial charge in [-0.05, 0) is 67.6 Å². The topological polar surface area (TPSA) is 99.4 Å². The van der Waals surface area contributed by atoms with E-state index in [4.69, 9.17) is 9.47 Å². The van der Waals surface area contributed by atoms with E-state index in [-0.39, 0.29) is 53.8 Å². The van der Waals surface area contributed by atoms with Crippen LogP contribution in [-0.2, 0) is 9.47 Å². The van der Waals surface area contributed by atoms with Crippen LogP contribution in [0.5, 0.6) is 0 Å². The van der Waals surface area contributed by atoms with E-state index in [9.17, 15) is 20.4 Å². The zero-order valence-electron chi connectivity index (χ0n) is 20.3. The molecule has 2 heterocycles. The molecule has 6 heteroatoms. The number of ether oxygens (including phenoxy) is 2. The van der Waals surface area contributed by atoms with Crippen molar-refractivity contribution < 1.29 is 29.9 Å². The van der Waals surface area contributed by atoms with Crippen molar-refractivity contribution in [3.05, 3.63) is 11.6 Å². The van der Waals surface area contributed by atoms with Gasteiger partial charge in [-0.25, -0.2) is 0 Å². The second-order valence-corrected chi connectivity index (χ2v) is 12.9. The first kappa shape index (κ1) is 22.9. The summed E-state index contributed by atoms with van der Waals surface area (Å²) in [6.07, 6.45) is 6.18. The molecule has 5 fully saturated rings. The normalized spacial score (nSPS) is 60.0. The predicted molar refractivity (Wildman–Crippen MR) is 122 cm³/mol. The minimum absolute atomic E-state index is 0.000874. The fourth-order valence-electron chi connectivity index (χ4n) is 9.60. The van der Waals surface area contributed by atoms with Gasteiger partial charge in [0.25, 0.3) is 0 Å². The fraction of sp³-hybridized carbons (Fsp3) is 0.926. The lowest BCUT2D eigenvalue weighted by molar-refractivity contribution is -0.280. The third kappa shape index (κ3) is 2.94. The van der Waals surface area contributed by atoms with Crippen molar-refractivity contribution in [3.8, 4) is 0 Å². The first-order valence-electron chi connectivity index (χ1n) is 13.3. The van der Waals surface area contributed by atoms with Gasteiger partial charge in [-0.1, -0.05) is 32.4 Å². The van der Waals surface area contributed by atoms with Crippen LogP contribution in [0.2, 0.25) is 0 Å². The van der Waals surface area contributed by atoms with E-state index >= 15 is 0 Å². The SMILES string of the molecule is C[C@@H]1CC[C@@]2(OC1)O[C@H]1C[C@H]3[C@@H]4[C@@H](O)C=C5C[C@@H](O)CC[C@]5(C)[C@H]4C[C@@H](O)[C@]3(C)[C@H]1[C@@H]2CO. The zero-order chi connectivity index (χ0) is 23.3. The van der Waals surface area contributed by atoms with Crippen molar-refractivity contribution in [2.75, 3.05) is 13.2 Å². The Hall–Kier alpha value is -0.500. The maximum Gasteiger partial charge on any atom is 0.174 e. The van der Waals surface area contributed by atoms with Crippen LogP contribution < -0.4 is 0 Å². The summed E-state index contributed by atoms with van der Waals surface area (Å²) in [6, 6.07) is 0. The maximum absolute atomic E-state index is 11.8. The summed E-state index contributed by atoms with van der Waals surface area (Å²) in [5, 5.41) is 44.0. The van der Waals surface area contributed by atoms with Gasteiger partial charge in [0.05, 0.1) is 37.6 Å². The number of fused-ring (bicyclic) bond motifs is 7. The summed E-state index contributed by atoms with van der Waals surface area (Å²) in [7, 11) is 0. The first-order valence-corrected chi connectivity index (χ1v) is 13.3. The summed E-state index contributed by atoms with van der Waals surface area (Å²) in [5.74, 6) is 0.0339. The molecule has 0 aromatic carbocycles. The molecule has 13 atom stereocenters. The van der Waals surface area contributed by atoms with Gasteiger partial charge in [0.15, 0.2) is 5.79 Å². The number of hydrogen-bond acceptors (Lipinski definition) is 6. The van der Waals surface area contributed by atoms with Crippen molar-refractivity contribution in [3.63, 3.8) is 0 Å². The lowest BCUT2D eigenvalue weighted by Crippen LogP contribution is -2.61. The van der Waals surface area contributed by atoms with Gasteiger partial charge in [0.1, 0.15) is 0 Å². The van der Waals surface area contributed by atoms with E-state index < -0.39 is 23.4 Å². The van der Waals surface area contributed by atoms with E-state index in [1.807, 2.05) is 6.08 Å². The maximum atomic E-state index is 11.8. The highest BCUT2D eigenvalue weighted by Crippen LogP contribution is 2.70. The molecule has 0 amide bonds. The fourth-order valence-corrected chi connectivity index (χ4v) is 9.60. The Labute approximate surface area is 197 Å². The molecule has 0 aromatic rings. The van der Waals surface area contributed by atoms with Gasteiger partial charge >= 0.3 is 0 Å². The standard InChI is InChI=1S/C27H42O6/c1-14-4-7-27(32-13-14)19(12-28)24-21(33-27)10-18-23-17(11-22(31)26(18,24)3)25(2)6-5-16(29)8-15(25)9-20(23)30/h9,14,16-24,28-31H,4-8,10-13H2,1-3H3/t14-,16+,17+,18+,19+,20+,21+,22-,23-,24+,25+,26-,27-/m1/s1. The summed E-state index contributed by atoms with van der Waals surface area (Å²) in [5.41, 5.74) is 0.674. The molecule has 3 saturated carbocycles. The molecule has 186 valence electrons. The Balaban J connectivity index is 1.36. The van der Waals surface area contributed by atoms with Gasteiger partial charge in [-0.3, -0.25) is 0 Å². The van der Waals surface area contributed by atoms with E-state index in [0.29, 0.717) is 25.4 Å². The highest BCUT2D eigenvalue weighted by Gasteiger charge is 2.72. The molecule has 1 spiro atoms. The average Bonchev–Trinajstić information content (AvgIpc) is 3.23. The van der Waals surface area contributed by atoms with Gasteiger partial charge in [-0.15, -0.1) is 0 Å². The van der Waals surface area contributed by atoms with Gasteiger partial charge in [0.2, 0.25) is 0 Å². The van der Waals surface area contributed by atoms with Crippen molar-refractivity contribution >= 4 is 0 Å². The number of aliphatic hydroxyl groups is 4. The van der Waals surface area contributed by atoms with Crippen LogP contribution in [0, 0.1) is 46.3 Å². The minimum atomic E-state index is -0.731. The molecule has 0 aromatic heterocycles. The molecule has 2 aliphatic heterocycles. The third-order valence-electron chi connectivity index (χ3n) is 11.4. The van der Waals surface area contributed by atoms with Crippen molar-refractivity contribution in [1.29, 1.82) is 0 Å². The molecule has 4 aliphatic carbocycles. The van der Waals surface area contributed by atoms with Crippen LogP contribution in [0.25, 0.3) is 0 Å². The summed E-state index contributed by atoms with van der Waals surface area (Å²) in [6.45, 7) is 7.33. The molecule has 6 nitrogen and oxygen atoms in total.